The number of esters is 1. The second-order valence-electron chi connectivity index (χ2n) is 6.88. The van der Waals surface area contributed by atoms with E-state index in [4.69, 9.17) is 4.74 Å². The summed E-state index contributed by atoms with van der Waals surface area (Å²) < 4.78 is 7.36. The molecule has 132 valence electrons. The predicted molar refractivity (Wildman–Crippen MR) is 96.3 cm³/mol. The molecule has 0 unspecified atom stereocenters. The van der Waals surface area contributed by atoms with Crippen LogP contribution in [-0.2, 0) is 9.53 Å². The van der Waals surface area contributed by atoms with Gasteiger partial charge in [-0.1, -0.05) is 29.8 Å². The first kappa shape index (κ1) is 16.4. The Bertz CT molecular complexity index is 839. The summed E-state index contributed by atoms with van der Waals surface area (Å²) in [5, 5.41) is 10.6. The van der Waals surface area contributed by atoms with Crippen LogP contribution in [0.1, 0.15) is 31.1 Å². The molecule has 3 heterocycles. The van der Waals surface area contributed by atoms with Crippen molar-refractivity contribution < 1.29 is 14.6 Å². The fraction of sp³-hybridized carbons (Fsp3) is 0.450. The Morgan fingerprint density at radius 3 is 2.92 bits per heavy atom. The molecule has 0 aliphatic carbocycles. The number of fused-ring (bicyclic) bond motifs is 6. The van der Waals surface area contributed by atoms with Crippen LogP contribution in [0.15, 0.2) is 42.0 Å². The van der Waals surface area contributed by atoms with Crippen LogP contribution in [0, 0.1) is 5.92 Å². The number of ether oxygens (including phenoxy) is 1. The Hall–Kier alpha value is -2.11. The van der Waals surface area contributed by atoms with E-state index in [1.54, 1.807) is 0 Å². The molecule has 25 heavy (non-hydrogen) atoms. The molecule has 1 N–H and O–H groups in total. The van der Waals surface area contributed by atoms with Crippen LogP contribution < -0.4 is 0 Å². The highest BCUT2D eigenvalue weighted by Crippen LogP contribution is 2.49. The second-order valence-corrected chi connectivity index (χ2v) is 6.88. The van der Waals surface area contributed by atoms with Gasteiger partial charge in [-0.15, -0.1) is 0 Å². The van der Waals surface area contributed by atoms with Crippen LogP contribution in [-0.4, -0.2) is 47.3 Å². The number of methoxy groups -OCH3 is 1. The zero-order valence-electron chi connectivity index (χ0n) is 14.7. The van der Waals surface area contributed by atoms with Crippen LogP contribution >= 0.6 is 0 Å². The molecule has 0 saturated carbocycles. The smallest absolute Gasteiger partial charge is 0.329 e. The largest absolute Gasteiger partial charge is 0.467 e. The van der Waals surface area contributed by atoms with E-state index in [1.165, 1.54) is 12.7 Å². The number of benzene rings is 1. The lowest BCUT2D eigenvalue weighted by molar-refractivity contribution is -0.147. The van der Waals surface area contributed by atoms with E-state index in [1.807, 2.05) is 19.1 Å². The lowest BCUT2D eigenvalue weighted by atomic mass is 9.77. The lowest BCUT2D eigenvalue weighted by Crippen LogP contribution is -2.48. The van der Waals surface area contributed by atoms with Gasteiger partial charge in [0.15, 0.2) is 0 Å². The molecule has 2 aromatic rings. The average molecular weight is 340 g/mol. The minimum absolute atomic E-state index is 0.138. The third kappa shape index (κ3) is 2.41. The molecule has 0 amide bonds. The molecule has 2 bridgehead atoms. The number of allylic oxidation sites excluding steroid dienone is 1. The number of aliphatic hydroxyl groups excluding tert-OH is 1. The van der Waals surface area contributed by atoms with Crippen molar-refractivity contribution in [2.24, 2.45) is 5.92 Å². The van der Waals surface area contributed by atoms with Crippen LogP contribution in [0.5, 0.6) is 0 Å². The lowest BCUT2D eigenvalue weighted by Gasteiger charge is -2.48. The Morgan fingerprint density at radius 1 is 1.40 bits per heavy atom. The Balaban J connectivity index is 1.95. The number of carbonyl (C=O) groups excluding carboxylic acids is 1. The number of nitrogens with zero attached hydrogens (tertiary/aromatic N) is 2. The molecular weight excluding hydrogens is 316 g/mol. The van der Waals surface area contributed by atoms with Crippen molar-refractivity contribution in [3.8, 4) is 0 Å². The Kier molecular flexibility index (Phi) is 4.13. The number of rotatable bonds is 3. The van der Waals surface area contributed by atoms with Gasteiger partial charge in [-0.3, -0.25) is 4.90 Å². The maximum absolute atomic E-state index is 12.7. The highest BCUT2D eigenvalue weighted by atomic mass is 16.5. The summed E-state index contributed by atoms with van der Waals surface area (Å²) in [4.78, 5) is 15.0. The topological polar surface area (TPSA) is 54.7 Å². The number of likely N-dealkylation sites (tertiary alicyclic amines) is 1. The van der Waals surface area contributed by atoms with E-state index in [9.17, 15) is 9.90 Å². The number of carbonyl (C=O) groups is 1. The van der Waals surface area contributed by atoms with Crippen LogP contribution in [0.3, 0.4) is 0 Å². The van der Waals surface area contributed by atoms with Gasteiger partial charge in [0.25, 0.3) is 0 Å². The van der Waals surface area contributed by atoms with Crippen molar-refractivity contribution in [3.05, 3.63) is 47.7 Å². The SMILES string of the molecule is C/C=C1/CN(CCO)[C@@H]2C[C@H]1[C@H](C(=O)OC)n1c2cc2ccccc21. The summed E-state index contributed by atoms with van der Waals surface area (Å²) in [6.07, 6.45) is 3.01. The molecule has 4 rings (SSSR count). The fourth-order valence-corrected chi connectivity index (χ4v) is 4.65. The zero-order chi connectivity index (χ0) is 17.6. The first-order valence-electron chi connectivity index (χ1n) is 8.87. The maximum atomic E-state index is 12.7. The van der Waals surface area contributed by atoms with E-state index in [0.29, 0.717) is 6.54 Å². The van der Waals surface area contributed by atoms with E-state index < -0.39 is 0 Å². The molecule has 1 fully saturated rings. The number of aliphatic hydroxyl groups is 1. The first-order valence-corrected chi connectivity index (χ1v) is 8.87. The van der Waals surface area contributed by atoms with Crippen molar-refractivity contribution in [3.63, 3.8) is 0 Å². The summed E-state index contributed by atoms with van der Waals surface area (Å²) >= 11 is 0. The number of aromatic nitrogens is 1. The fourth-order valence-electron chi connectivity index (χ4n) is 4.65. The quantitative estimate of drug-likeness (QED) is 0.689. The second kappa shape index (κ2) is 6.32. The molecule has 5 nitrogen and oxygen atoms in total. The minimum Gasteiger partial charge on any atom is -0.467 e. The molecule has 3 atom stereocenters. The third-order valence-electron chi connectivity index (χ3n) is 5.76. The van der Waals surface area contributed by atoms with E-state index in [-0.39, 0.29) is 30.6 Å². The number of hydrogen-bond donors (Lipinski definition) is 1. The van der Waals surface area contributed by atoms with Gasteiger partial charge in [-0.2, -0.15) is 0 Å². The van der Waals surface area contributed by atoms with Gasteiger partial charge in [0.05, 0.1) is 19.8 Å². The highest BCUT2D eigenvalue weighted by Gasteiger charge is 2.46. The van der Waals surface area contributed by atoms with Crippen molar-refractivity contribution >= 4 is 16.9 Å². The Labute approximate surface area is 147 Å². The summed E-state index contributed by atoms with van der Waals surface area (Å²) in [6.45, 7) is 3.60. The number of hydrogen-bond acceptors (Lipinski definition) is 4. The summed E-state index contributed by atoms with van der Waals surface area (Å²) in [5.74, 6) is -0.0401. The van der Waals surface area contributed by atoms with E-state index >= 15 is 0 Å². The van der Waals surface area contributed by atoms with E-state index in [2.05, 4.69) is 33.7 Å². The van der Waals surface area contributed by atoms with Crippen molar-refractivity contribution in [1.29, 1.82) is 0 Å². The van der Waals surface area contributed by atoms with Crippen molar-refractivity contribution in [2.75, 3.05) is 26.8 Å². The van der Waals surface area contributed by atoms with Gasteiger partial charge in [0.2, 0.25) is 0 Å². The molecule has 2 aliphatic heterocycles. The first-order chi connectivity index (χ1) is 12.2. The molecule has 1 saturated heterocycles. The van der Waals surface area contributed by atoms with Crippen molar-refractivity contribution in [2.45, 2.75) is 25.4 Å². The number of β-amino-alcohol motifs (C(OH)–C–C–N with tert-alkyl or cyclic N) is 1. The highest BCUT2D eigenvalue weighted by molar-refractivity contribution is 5.85. The normalized spacial score (nSPS) is 27.5. The van der Waals surface area contributed by atoms with Gasteiger partial charge < -0.3 is 14.4 Å². The van der Waals surface area contributed by atoms with Crippen LogP contribution in [0.25, 0.3) is 10.9 Å². The zero-order valence-corrected chi connectivity index (χ0v) is 14.7. The molecule has 5 heteroatoms. The van der Waals surface area contributed by atoms with Gasteiger partial charge in [-0.25, -0.2) is 4.79 Å². The molecule has 0 radical (unpaired) electrons. The summed E-state index contributed by atoms with van der Waals surface area (Å²) in [7, 11) is 1.47. The summed E-state index contributed by atoms with van der Waals surface area (Å²) in [5.41, 5.74) is 3.48. The third-order valence-corrected chi connectivity index (χ3v) is 5.76. The average Bonchev–Trinajstić information content (AvgIpc) is 3.03. The molecule has 1 aromatic heterocycles. The molecule has 2 aliphatic rings. The monoisotopic (exact) mass is 340 g/mol. The molecular formula is C20H24N2O3. The Morgan fingerprint density at radius 2 is 2.20 bits per heavy atom. The molecule has 1 aromatic carbocycles. The van der Waals surface area contributed by atoms with E-state index in [0.717, 1.165) is 29.6 Å². The predicted octanol–water partition coefficient (Wildman–Crippen LogP) is 2.67. The van der Waals surface area contributed by atoms with Crippen molar-refractivity contribution in [1.82, 2.24) is 9.47 Å². The number of piperidine rings is 1. The minimum atomic E-state index is -0.321. The van der Waals surface area contributed by atoms with Gasteiger partial charge in [-0.05, 0) is 30.9 Å². The summed E-state index contributed by atoms with van der Waals surface area (Å²) in [6, 6.07) is 10.3. The van der Waals surface area contributed by atoms with Gasteiger partial charge in [0, 0.05) is 30.2 Å². The van der Waals surface area contributed by atoms with Crippen LogP contribution in [0.2, 0.25) is 0 Å². The van der Waals surface area contributed by atoms with Gasteiger partial charge >= 0.3 is 5.97 Å². The maximum Gasteiger partial charge on any atom is 0.329 e. The molecule has 0 spiro atoms. The van der Waals surface area contributed by atoms with Crippen LogP contribution in [0.4, 0.5) is 0 Å². The number of para-hydroxylation sites is 1. The standard InChI is InChI=1S/C20H24N2O3/c1-3-13-12-21(8-9-23)17-11-15(13)19(20(24)25-2)22-16-7-5-4-6-14(16)10-18(17)22/h3-7,10,15,17,19,23H,8-9,11-12H2,1-2H3/b13-3-/t15-,17-,19-/m1/s1. The van der Waals surface area contributed by atoms with Gasteiger partial charge in [0.1, 0.15) is 6.04 Å².